The molecule has 80 valence electrons. The van der Waals surface area contributed by atoms with E-state index in [1.165, 1.54) is 6.92 Å². The van der Waals surface area contributed by atoms with Crippen molar-refractivity contribution in [2.75, 3.05) is 0 Å². The lowest BCUT2D eigenvalue weighted by Gasteiger charge is -2.26. The molecular weight excluding hydrogens is 181 g/mol. The normalized spacial score (nSPS) is 18.2. The standard InChI is InChI=1S/C10H18FN3/c1-7(2)14-9(5-6-13-14)10(4,11)8(3)12/h5-8H,12H2,1-4H3. The molecule has 0 amide bonds. The Morgan fingerprint density at radius 2 is 2.07 bits per heavy atom. The van der Waals surface area contributed by atoms with Crippen molar-refractivity contribution in [2.24, 2.45) is 5.73 Å². The summed E-state index contributed by atoms with van der Waals surface area (Å²) in [5.41, 5.74) is 4.63. The summed E-state index contributed by atoms with van der Waals surface area (Å²) in [6, 6.07) is 1.29. The molecule has 0 saturated heterocycles. The fraction of sp³-hybridized carbons (Fsp3) is 0.700. The van der Waals surface area contributed by atoms with Gasteiger partial charge in [0.25, 0.3) is 0 Å². The summed E-state index contributed by atoms with van der Waals surface area (Å²) < 4.78 is 15.9. The highest BCUT2D eigenvalue weighted by atomic mass is 19.1. The van der Waals surface area contributed by atoms with E-state index in [9.17, 15) is 4.39 Å². The second kappa shape index (κ2) is 3.69. The number of rotatable bonds is 3. The maximum absolute atomic E-state index is 14.2. The Balaban J connectivity index is 3.12. The number of halogens is 1. The highest BCUT2D eigenvalue weighted by Gasteiger charge is 2.34. The number of nitrogens with zero attached hydrogens (tertiary/aromatic N) is 2. The molecule has 0 bridgehead atoms. The Labute approximate surface area is 84.1 Å². The average molecular weight is 199 g/mol. The fourth-order valence-electron chi connectivity index (χ4n) is 1.35. The Kier molecular flexibility index (Phi) is 2.95. The summed E-state index contributed by atoms with van der Waals surface area (Å²) in [4.78, 5) is 0. The van der Waals surface area contributed by atoms with Crippen LogP contribution in [0.5, 0.6) is 0 Å². The van der Waals surface area contributed by atoms with Gasteiger partial charge in [-0.25, -0.2) is 4.39 Å². The molecule has 0 radical (unpaired) electrons. The summed E-state index contributed by atoms with van der Waals surface area (Å²) in [6.45, 7) is 7.09. The van der Waals surface area contributed by atoms with Crippen molar-refractivity contribution in [3.05, 3.63) is 18.0 Å². The summed E-state index contributed by atoms with van der Waals surface area (Å²) in [7, 11) is 0. The van der Waals surface area contributed by atoms with E-state index in [0.717, 1.165) is 0 Å². The quantitative estimate of drug-likeness (QED) is 0.809. The minimum Gasteiger partial charge on any atom is -0.325 e. The molecule has 2 atom stereocenters. The average Bonchev–Trinajstić information content (AvgIpc) is 2.51. The van der Waals surface area contributed by atoms with E-state index in [1.54, 1.807) is 23.9 Å². The summed E-state index contributed by atoms with van der Waals surface area (Å²) in [5, 5.41) is 4.09. The molecule has 0 fully saturated rings. The Morgan fingerprint density at radius 3 is 2.50 bits per heavy atom. The molecule has 1 aromatic heterocycles. The molecule has 0 aliphatic carbocycles. The van der Waals surface area contributed by atoms with Crippen molar-refractivity contribution in [3.8, 4) is 0 Å². The van der Waals surface area contributed by atoms with Crippen LogP contribution in [0.4, 0.5) is 4.39 Å². The largest absolute Gasteiger partial charge is 0.325 e. The number of alkyl halides is 1. The van der Waals surface area contributed by atoms with E-state index in [-0.39, 0.29) is 6.04 Å². The van der Waals surface area contributed by atoms with Crippen LogP contribution in [0.25, 0.3) is 0 Å². The van der Waals surface area contributed by atoms with E-state index in [2.05, 4.69) is 5.10 Å². The van der Waals surface area contributed by atoms with Gasteiger partial charge in [0, 0.05) is 18.3 Å². The second-order valence-electron chi connectivity index (χ2n) is 4.12. The van der Waals surface area contributed by atoms with Crippen LogP contribution in [0.1, 0.15) is 39.4 Å². The van der Waals surface area contributed by atoms with Gasteiger partial charge >= 0.3 is 0 Å². The molecule has 0 spiro atoms. The van der Waals surface area contributed by atoms with Crippen LogP contribution in [0.15, 0.2) is 12.3 Å². The van der Waals surface area contributed by atoms with Crippen molar-refractivity contribution in [2.45, 2.75) is 45.4 Å². The van der Waals surface area contributed by atoms with E-state index in [1.807, 2.05) is 13.8 Å². The van der Waals surface area contributed by atoms with Gasteiger partial charge in [-0.1, -0.05) is 0 Å². The van der Waals surface area contributed by atoms with Crippen molar-refractivity contribution < 1.29 is 4.39 Å². The smallest absolute Gasteiger partial charge is 0.164 e. The van der Waals surface area contributed by atoms with Crippen LogP contribution in [0, 0.1) is 0 Å². The third-order valence-corrected chi connectivity index (χ3v) is 2.52. The SMILES string of the molecule is CC(C)n1nccc1C(C)(F)C(C)N. The van der Waals surface area contributed by atoms with Crippen LogP contribution in [-0.2, 0) is 5.67 Å². The summed E-state index contributed by atoms with van der Waals surface area (Å²) in [6.07, 6.45) is 1.61. The number of nitrogens with two attached hydrogens (primary N) is 1. The monoisotopic (exact) mass is 199 g/mol. The number of hydrogen-bond acceptors (Lipinski definition) is 2. The van der Waals surface area contributed by atoms with Gasteiger partial charge in [0.05, 0.1) is 5.69 Å². The van der Waals surface area contributed by atoms with Crippen molar-refractivity contribution in [1.29, 1.82) is 0 Å². The van der Waals surface area contributed by atoms with E-state index in [0.29, 0.717) is 5.69 Å². The molecule has 2 N–H and O–H groups in total. The number of aromatic nitrogens is 2. The lowest BCUT2D eigenvalue weighted by Crippen LogP contribution is -2.39. The third-order valence-electron chi connectivity index (χ3n) is 2.52. The first-order valence-electron chi connectivity index (χ1n) is 4.86. The maximum atomic E-state index is 14.2. The van der Waals surface area contributed by atoms with Gasteiger partial charge in [0.1, 0.15) is 0 Å². The predicted molar refractivity (Wildman–Crippen MR) is 54.7 cm³/mol. The molecule has 4 heteroatoms. The molecule has 14 heavy (non-hydrogen) atoms. The Bertz CT molecular complexity index is 302. The predicted octanol–water partition coefficient (Wildman–Crippen LogP) is 2.00. The molecule has 1 aromatic rings. The first-order valence-corrected chi connectivity index (χ1v) is 4.86. The summed E-state index contributed by atoms with van der Waals surface area (Å²) in [5.74, 6) is 0. The zero-order valence-corrected chi connectivity index (χ0v) is 9.16. The van der Waals surface area contributed by atoms with Crippen molar-refractivity contribution in [1.82, 2.24) is 9.78 Å². The molecule has 3 nitrogen and oxygen atoms in total. The van der Waals surface area contributed by atoms with Gasteiger partial charge in [0.2, 0.25) is 0 Å². The Morgan fingerprint density at radius 1 is 1.50 bits per heavy atom. The van der Waals surface area contributed by atoms with Crippen LogP contribution in [0.3, 0.4) is 0 Å². The van der Waals surface area contributed by atoms with Gasteiger partial charge in [-0.15, -0.1) is 0 Å². The zero-order valence-electron chi connectivity index (χ0n) is 9.16. The van der Waals surface area contributed by atoms with E-state index < -0.39 is 11.7 Å². The van der Waals surface area contributed by atoms with Crippen LogP contribution >= 0.6 is 0 Å². The lowest BCUT2D eigenvalue weighted by atomic mass is 9.96. The minimum atomic E-state index is -1.53. The minimum absolute atomic E-state index is 0.147. The van der Waals surface area contributed by atoms with Crippen molar-refractivity contribution >= 4 is 0 Å². The zero-order chi connectivity index (χ0) is 10.9. The van der Waals surface area contributed by atoms with Crippen LogP contribution < -0.4 is 5.73 Å². The lowest BCUT2D eigenvalue weighted by molar-refractivity contribution is 0.141. The fourth-order valence-corrected chi connectivity index (χ4v) is 1.35. The Hall–Kier alpha value is -0.900. The second-order valence-corrected chi connectivity index (χ2v) is 4.12. The molecule has 1 heterocycles. The van der Waals surface area contributed by atoms with Gasteiger partial charge in [-0.3, -0.25) is 4.68 Å². The molecule has 0 aliphatic heterocycles. The van der Waals surface area contributed by atoms with Crippen LogP contribution in [-0.4, -0.2) is 15.8 Å². The van der Waals surface area contributed by atoms with E-state index >= 15 is 0 Å². The highest BCUT2D eigenvalue weighted by Crippen LogP contribution is 2.29. The molecule has 0 aromatic carbocycles. The molecule has 0 aliphatic rings. The van der Waals surface area contributed by atoms with Gasteiger partial charge in [-0.05, 0) is 33.8 Å². The van der Waals surface area contributed by atoms with Crippen molar-refractivity contribution in [3.63, 3.8) is 0 Å². The number of hydrogen-bond donors (Lipinski definition) is 1. The molecule has 0 saturated carbocycles. The summed E-state index contributed by atoms with van der Waals surface area (Å²) >= 11 is 0. The van der Waals surface area contributed by atoms with Gasteiger partial charge in [-0.2, -0.15) is 5.10 Å². The highest BCUT2D eigenvalue weighted by molar-refractivity contribution is 5.14. The third kappa shape index (κ3) is 1.80. The van der Waals surface area contributed by atoms with Gasteiger partial charge in [0.15, 0.2) is 5.67 Å². The van der Waals surface area contributed by atoms with E-state index in [4.69, 9.17) is 5.73 Å². The maximum Gasteiger partial charge on any atom is 0.164 e. The molecule has 1 rings (SSSR count). The van der Waals surface area contributed by atoms with Gasteiger partial charge < -0.3 is 5.73 Å². The first kappa shape index (κ1) is 11.2. The topological polar surface area (TPSA) is 43.8 Å². The first-order chi connectivity index (χ1) is 6.37. The molecular formula is C10H18FN3. The van der Waals surface area contributed by atoms with Crippen LogP contribution in [0.2, 0.25) is 0 Å². The molecule has 2 unspecified atom stereocenters.